The van der Waals surface area contributed by atoms with Crippen LogP contribution >= 0.6 is 0 Å². The molecule has 0 atom stereocenters. The highest BCUT2D eigenvalue weighted by atomic mass is 16.6. The lowest BCUT2D eigenvalue weighted by Gasteiger charge is -1.99. The lowest BCUT2D eigenvalue weighted by molar-refractivity contribution is -0.498. The van der Waals surface area contributed by atoms with Crippen molar-refractivity contribution in [2.75, 3.05) is 0 Å². The van der Waals surface area contributed by atoms with Gasteiger partial charge in [-0.2, -0.15) is 0 Å². The molecule has 0 heterocycles. The molecule has 0 saturated heterocycles. The van der Waals surface area contributed by atoms with Gasteiger partial charge in [-0.1, -0.05) is 11.6 Å². The van der Waals surface area contributed by atoms with Crippen molar-refractivity contribution in [3.05, 3.63) is 49.6 Å². The molecule has 0 saturated carbocycles. The van der Waals surface area contributed by atoms with Gasteiger partial charge >= 0.3 is 0 Å². The molecule has 6 heteroatoms. The van der Waals surface area contributed by atoms with Gasteiger partial charge in [0, 0.05) is 11.0 Å². The first-order chi connectivity index (χ1) is 6.50. The summed E-state index contributed by atoms with van der Waals surface area (Å²) in [4.78, 5) is 19.5. The van der Waals surface area contributed by atoms with Gasteiger partial charge in [-0.05, 0) is 13.0 Å². The van der Waals surface area contributed by atoms with E-state index in [1.54, 1.807) is 13.0 Å². The molecule has 0 aliphatic rings. The van der Waals surface area contributed by atoms with E-state index in [1.165, 1.54) is 12.1 Å². The number of aryl methyl sites for hydroxylation is 1. The molecule has 0 fully saturated rings. The monoisotopic (exact) mass is 196 g/mol. The number of nitro groups is 2. The third-order valence-electron chi connectivity index (χ3n) is 1.73. The second-order valence-corrected chi connectivity index (χ2v) is 2.88. The van der Waals surface area contributed by atoms with Crippen molar-refractivity contribution >= 4 is 5.69 Å². The molecule has 0 aliphatic carbocycles. The molecule has 6 nitrogen and oxygen atoms in total. The predicted molar refractivity (Wildman–Crippen MR) is 48.5 cm³/mol. The topological polar surface area (TPSA) is 86.3 Å². The van der Waals surface area contributed by atoms with Crippen LogP contribution in [-0.4, -0.2) is 9.85 Å². The first kappa shape index (κ1) is 10.1. The van der Waals surface area contributed by atoms with E-state index in [0.29, 0.717) is 0 Å². The molecule has 0 bridgehead atoms. The highest BCUT2D eigenvalue weighted by molar-refractivity contribution is 5.41. The fourth-order valence-electron chi connectivity index (χ4n) is 1.16. The van der Waals surface area contributed by atoms with E-state index in [-0.39, 0.29) is 11.3 Å². The molecule has 0 spiro atoms. The number of hydrogen-bond donors (Lipinski definition) is 0. The highest BCUT2D eigenvalue weighted by Gasteiger charge is 2.17. The van der Waals surface area contributed by atoms with Gasteiger partial charge in [-0.15, -0.1) is 0 Å². The Bertz CT molecular complexity index is 389. The second-order valence-electron chi connectivity index (χ2n) is 2.88. The maximum Gasteiger partial charge on any atom is 0.279 e. The average Bonchev–Trinajstić information content (AvgIpc) is 2.01. The Morgan fingerprint density at radius 2 is 1.93 bits per heavy atom. The van der Waals surface area contributed by atoms with Crippen LogP contribution in [0.1, 0.15) is 11.1 Å². The van der Waals surface area contributed by atoms with Gasteiger partial charge in [-0.25, -0.2) is 0 Å². The molecule has 0 aromatic heterocycles. The molecule has 0 radical (unpaired) electrons. The Balaban J connectivity index is 3.15. The van der Waals surface area contributed by atoms with Crippen LogP contribution in [0.15, 0.2) is 18.2 Å². The zero-order valence-electron chi connectivity index (χ0n) is 7.47. The van der Waals surface area contributed by atoms with Crippen LogP contribution in [0.4, 0.5) is 5.69 Å². The highest BCUT2D eigenvalue weighted by Crippen LogP contribution is 2.20. The first-order valence-electron chi connectivity index (χ1n) is 3.86. The van der Waals surface area contributed by atoms with E-state index >= 15 is 0 Å². The first-order valence-corrected chi connectivity index (χ1v) is 3.86. The third kappa shape index (κ3) is 2.25. The van der Waals surface area contributed by atoms with Crippen LogP contribution in [0.5, 0.6) is 0 Å². The third-order valence-corrected chi connectivity index (χ3v) is 1.73. The van der Waals surface area contributed by atoms with Crippen molar-refractivity contribution in [2.45, 2.75) is 13.5 Å². The van der Waals surface area contributed by atoms with Gasteiger partial charge in [0.05, 0.1) is 4.92 Å². The summed E-state index contributed by atoms with van der Waals surface area (Å²) in [6, 6.07) is 4.30. The molecule has 0 unspecified atom stereocenters. The van der Waals surface area contributed by atoms with Crippen molar-refractivity contribution in [3.63, 3.8) is 0 Å². The fourth-order valence-corrected chi connectivity index (χ4v) is 1.16. The SMILES string of the molecule is Cc1ccc([N+](=O)[O-])c(C[N+](=O)[O-])c1. The van der Waals surface area contributed by atoms with Crippen molar-refractivity contribution in [2.24, 2.45) is 0 Å². The number of benzene rings is 1. The molecule has 74 valence electrons. The van der Waals surface area contributed by atoms with Gasteiger partial charge in [0.2, 0.25) is 6.54 Å². The fraction of sp³-hybridized carbons (Fsp3) is 0.250. The van der Waals surface area contributed by atoms with E-state index < -0.39 is 16.4 Å². The minimum absolute atomic E-state index is 0.139. The average molecular weight is 196 g/mol. The second kappa shape index (κ2) is 3.82. The Morgan fingerprint density at radius 3 is 2.43 bits per heavy atom. The quantitative estimate of drug-likeness (QED) is 0.543. The van der Waals surface area contributed by atoms with Crippen molar-refractivity contribution in [1.29, 1.82) is 0 Å². The van der Waals surface area contributed by atoms with Crippen LogP contribution < -0.4 is 0 Å². The zero-order valence-corrected chi connectivity index (χ0v) is 7.47. The normalized spacial score (nSPS) is 9.79. The standard InChI is InChI=1S/C8H8N2O4/c1-6-2-3-8(10(13)14)7(4-6)5-9(11)12/h2-4H,5H2,1H3. The van der Waals surface area contributed by atoms with E-state index in [0.717, 1.165) is 5.56 Å². The number of nitro benzene ring substituents is 1. The van der Waals surface area contributed by atoms with Gasteiger partial charge in [0.25, 0.3) is 5.69 Å². The molecule has 0 N–H and O–H groups in total. The van der Waals surface area contributed by atoms with E-state index in [4.69, 9.17) is 0 Å². The molecular weight excluding hydrogens is 188 g/mol. The lowest BCUT2D eigenvalue weighted by Crippen LogP contribution is -2.02. The van der Waals surface area contributed by atoms with Gasteiger partial charge in [-0.3, -0.25) is 20.2 Å². The summed E-state index contributed by atoms with van der Waals surface area (Å²) >= 11 is 0. The molecular formula is C8H8N2O4. The smallest absolute Gasteiger partial charge is 0.264 e. The van der Waals surface area contributed by atoms with Gasteiger partial charge in [0.1, 0.15) is 5.56 Å². The Labute approximate surface area is 79.5 Å². The van der Waals surface area contributed by atoms with Crippen molar-refractivity contribution in [1.82, 2.24) is 0 Å². The van der Waals surface area contributed by atoms with Crippen LogP contribution in [0, 0.1) is 27.2 Å². The molecule has 1 rings (SSSR count). The lowest BCUT2D eigenvalue weighted by atomic mass is 10.1. The molecule has 1 aromatic rings. The number of nitrogens with zero attached hydrogens (tertiary/aromatic N) is 2. The van der Waals surface area contributed by atoms with Crippen molar-refractivity contribution < 1.29 is 9.85 Å². The number of hydrogen-bond acceptors (Lipinski definition) is 4. The Morgan fingerprint density at radius 1 is 1.29 bits per heavy atom. The van der Waals surface area contributed by atoms with Gasteiger partial charge < -0.3 is 0 Å². The predicted octanol–water partition coefficient (Wildman–Crippen LogP) is 1.68. The summed E-state index contributed by atoms with van der Waals surface area (Å²) in [5.74, 6) is 0. The van der Waals surface area contributed by atoms with Crippen LogP contribution in [-0.2, 0) is 6.54 Å². The molecule has 0 amide bonds. The maximum atomic E-state index is 10.5. The van der Waals surface area contributed by atoms with Gasteiger partial charge in [0.15, 0.2) is 0 Å². The Kier molecular flexibility index (Phi) is 2.76. The Hall–Kier alpha value is -1.98. The van der Waals surface area contributed by atoms with Crippen LogP contribution in [0.2, 0.25) is 0 Å². The zero-order chi connectivity index (χ0) is 10.7. The summed E-state index contributed by atoms with van der Waals surface area (Å²) < 4.78 is 0. The largest absolute Gasteiger partial charge is 0.279 e. The summed E-state index contributed by atoms with van der Waals surface area (Å²) in [7, 11) is 0. The molecule has 1 aromatic carbocycles. The maximum absolute atomic E-state index is 10.5. The van der Waals surface area contributed by atoms with Crippen LogP contribution in [0.25, 0.3) is 0 Å². The van der Waals surface area contributed by atoms with Crippen molar-refractivity contribution in [3.8, 4) is 0 Å². The minimum atomic E-state index is -0.613. The summed E-state index contributed by atoms with van der Waals surface area (Å²) in [6.07, 6.45) is 0. The van der Waals surface area contributed by atoms with E-state index in [1.807, 2.05) is 0 Å². The molecule has 14 heavy (non-hydrogen) atoms. The molecule has 0 aliphatic heterocycles. The minimum Gasteiger partial charge on any atom is -0.264 e. The summed E-state index contributed by atoms with van der Waals surface area (Å²) in [6.45, 7) is 1.21. The van der Waals surface area contributed by atoms with Crippen LogP contribution in [0.3, 0.4) is 0 Å². The number of rotatable bonds is 3. The van der Waals surface area contributed by atoms with E-state index in [2.05, 4.69) is 0 Å². The summed E-state index contributed by atoms with van der Waals surface area (Å²) in [5, 5.41) is 20.7. The summed E-state index contributed by atoms with van der Waals surface area (Å²) in [5.41, 5.74) is 0.708. The van der Waals surface area contributed by atoms with E-state index in [9.17, 15) is 20.2 Å².